The van der Waals surface area contributed by atoms with Crippen LogP contribution in [0.15, 0.2) is 28.8 Å². The molecule has 0 bridgehead atoms. The zero-order valence-corrected chi connectivity index (χ0v) is 7.43. The largest absolute Gasteiger partial charge is 0.539 e. The first kappa shape index (κ1) is 7.55. The van der Waals surface area contributed by atoms with Gasteiger partial charge in [-0.3, -0.25) is 0 Å². The minimum Gasteiger partial charge on any atom is -0.539 e. The van der Waals surface area contributed by atoms with Gasteiger partial charge in [-0.15, -0.1) is 0 Å². The average Bonchev–Trinajstić information content (AvgIpc) is 2.57. The number of nitrogens with zero attached hydrogens (tertiary/aromatic N) is 2. The molecule has 4 nitrogen and oxygen atoms in total. The first-order chi connectivity index (χ1) is 6.84. The van der Waals surface area contributed by atoms with E-state index in [0.29, 0.717) is 18.7 Å². The van der Waals surface area contributed by atoms with Crippen molar-refractivity contribution in [3.63, 3.8) is 0 Å². The normalized spacial score (nSPS) is 13.4. The quantitative estimate of drug-likeness (QED) is 0.466. The van der Waals surface area contributed by atoms with Gasteiger partial charge in [0.25, 0.3) is 0 Å². The van der Waals surface area contributed by atoms with Crippen molar-refractivity contribution in [3.05, 3.63) is 41.1 Å². The average molecular weight is 188 g/mol. The molecule has 2 heterocycles. The van der Waals surface area contributed by atoms with Crippen LogP contribution < -0.4 is 9.79 Å². The van der Waals surface area contributed by atoms with Crippen LogP contribution in [0.5, 0.6) is 5.95 Å². The molecule has 0 atom stereocenters. The number of rotatable bonds is 0. The Morgan fingerprint density at radius 2 is 2.07 bits per heavy atom. The van der Waals surface area contributed by atoms with Gasteiger partial charge in [0.1, 0.15) is 0 Å². The van der Waals surface area contributed by atoms with Gasteiger partial charge in [-0.2, -0.15) is 0 Å². The summed E-state index contributed by atoms with van der Waals surface area (Å²) in [6, 6.07) is 8.05. The Balaban J connectivity index is 2.14. The van der Waals surface area contributed by atoms with Crippen molar-refractivity contribution in [2.45, 2.75) is 13.0 Å². The molecule has 70 valence electrons. The second-order valence-corrected chi connectivity index (χ2v) is 3.41. The van der Waals surface area contributed by atoms with Gasteiger partial charge in [0.05, 0.1) is 11.7 Å². The predicted molar refractivity (Wildman–Crippen MR) is 44.5 cm³/mol. The Bertz CT molecular complexity index is 491. The van der Waals surface area contributed by atoms with Gasteiger partial charge >= 0.3 is 0 Å². The second-order valence-electron chi connectivity index (χ2n) is 3.41. The van der Waals surface area contributed by atoms with Gasteiger partial charge in [-0.1, -0.05) is 28.9 Å². The number of fused-ring (bicyclic) bond motifs is 2. The fraction of sp³-hybridized carbons (Fsp3) is 0.200. The molecule has 1 aliphatic heterocycles. The summed E-state index contributed by atoms with van der Waals surface area (Å²) < 4.78 is 6.24. The molecule has 0 radical (unpaired) electrons. The molecule has 1 aromatic heterocycles. The van der Waals surface area contributed by atoms with E-state index in [1.807, 2.05) is 24.3 Å². The van der Waals surface area contributed by atoms with E-state index in [0.717, 1.165) is 0 Å². The van der Waals surface area contributed by atoms with Crippen molar-refractivity contribution in [3.8, 4) is 5.95 Å². The third kappa shape index (κ3) is 0.937. The van der Waals surface area contributed by atoms with Gasteiger partial charge in [-0.05, 0) is 5.56 Å². The van der Waals surface area contributed by atoms with Crippen molar-refractivity contribution >= 4 is 0 Å². The van der Waals surface area contributed by atoms with E-state index in [-0.39, 0.29) is 5.95 Å². The number of aromatic nitrogens is 2. The molecule has 2 aromatic rings. The summed E-state index contributed by atoms with van der Waals surface area (Å²) in [5.74, 6) is -0.320. The summed E-state index contributed by atoms with van der Waals surface area (Å²) >= 11 is 0. The van der Waals surface area contributed by atoms with Gasteiger partial charge in [0.2, 0.25) is 12.2 Å². The summed E-state index contributed by atoms with van der Waals surface area (Å²) in [5.41, 5.74) is 3.04. The van der Waals surface area contributed by atoms with Gasteiger partial charge < -0.3 is 9.63 Å². The van der Waals surface area contributed by atoms with Gasteiger partial charge in [0, 0.05) is 5.56 Å². The highest BCUT2D eigenvalue weighted by atomic mass is 16.6. The molecular weight excluding hydrogens is 180 g/mol. The van der Waals surface area contributed by atoms with Crippen molar-refractivity contribution in [2.75, 3.05) is 0 Å². The van der Waals surface area contributed by atoms with E-state index < -0.39 is 0 Å². The Labute approximate surface area is 80.4 Å². The zero-order valence-electron chi connectivity index (χ0n) is 7.43. The molecule has 0 N–H and O–H groups in total. The second kappa shape index (κ2) is 2.57. The molecule has 0 aliphatic carbocycles. The number of hydrogen-bond acceptors (Lipinski definition) is 3. The Kier molecular flexibility index (Phi) is 1.39. The Hall–Kier alpha value is -1.84. The molecule has 1 aromatic carbocycles. The Morgan fingerprint density at radius 1 is 1.29 bits per heavy atom. The molecular formula is C10H8N2O2. The van der Waals surface area contributed by atoms with Crippen molar-refractivity contribution in [1.82, 2.24) is 5.27 Å². The van der Waals surface area contributed by atoms with Gasteiger partial charge in [-0.25, -0.2) is 0 Å². The molecule has 0 saturated heterocycles. The molecule has 3 rings (SSSR count). The standard InChI is InChI=1S/C10H8N2O2/c13-10-9-5-7-3-1-2-4-8(7)6-12(9)11-14-10/h1-4H,5-6H2. The molecule has 0 amide bonds. The molecule has 0 saturated carbocycles. The number of hydrogen-bond donors (Lipinski definition) is 0. The minimum atomic E-state index is -0.320. The maximum Gasteiger partial charge on any atom is 0.238 e. The van der Waals surface area contributed by atoms with Crippen molar-refractivity contribution in [2.24, 2.45) is 0 Å². The first-order valence-electron chi connectivity index (χ1n) is 4.47. The highest BCUT2D eigenvalue weighted by molar-refractivity contribution is 5.32. The summed E-state index contributed by atoms with van der Waals surface area (Å²) in [7, 11) is 0. The van der Waals surface area contributed by atoms with Crippen LogP contribution in [0.4, 0.5) is 0 Å². The van der Waals surface area contributed by atoms with Crippen molar-refractivity contribution < 1.29 is 14.3 Å². The van der Waals surface area contributed by atoms with E-state index in [1.165, 1.54) is 11.1 Å². The van der Waals surface area contributed by atoms with E-state index >= 15 is 0 Å². The molecule has 1 aliphatic rings. The van der Waals surface area contributed by atoms with Crippen LogP contribution >= 0.6 is 0 Å². The van der Waals surface area contributed by atoms with Crippen LogP contribution in [-0.2, 0) is 13.0 Å². The molecule has 4 heteroatoms. The minimum absolute atomic E-state index is 0.320. The lowest BCUT2D eigenvalue weighted by atomic mass is 10.00. The molecule has 0 fully saturated rings. The van der Waals surface area contributed by atoms with E-state index in [1.54, 1.807) is 4.68 Å². The lowest BCUT2D eigenvalue weighted by molar-refractivity contribution is -0.762. The zero-order chi connectivity index (χ0) is 9.54. The van der Waals surface area contributed by atoms with E-state index in [4.69, 9.17) is 0 Å². The highest BCUT2D eigenvalue weighted by Gasteiger charge is 2.25. The van der Waals surface area contributed by atoms with Crippen LogP contribution in [0, 0.1) is 0 Å². The fourth-order valence-corrected chi connectivity index (χ4v) is 1.81. The SMILES string of the molecule is [O-]c1on[n+]2c1Cc1ccccc1C2. The maximum atomic E-state index is 11.2. The maximum absolute atomic E-state index is 11.2. The van der Waals surface area contributed by atoms with Crippen LogP contribution in [0.2, 0.25) is 0 Å². The lowest BCUT2D eigenvalue weighted by Crippen LogP contribution is -2.43. The summed E-state index contributed by atoms with van der Waals surface area (Å²) in [5, 5.41) is 14.9. The molecule has 0 spiro atoms. The predicted octanol–water partition coefficient (Wildman–Crippen LogP) is -0.0118. The van der Waals surface area contributed by atoms with E-state index in [9.17, 15) is 5.11 Å². The van der Waals surface area contributed by atoms with Crippen LogP contribution in [0.25, 0.3) is 0 Å². The van der Waals surface area contributed by atoms with E-state index in [2.05, 4.69) is 9.79 Å². The lowest BCUT2D eigenvalue weighted by Gasteiger charge is -2.09. The fourth-order valence-electron chi connectivity index (χ4n) is 1.81. The monoisotopic (exact) mass is 188 g/mol. The molecule has 14 heavy (non-hydrogen) atoms. The summed E-state index contributed by atoms with van der Waals surface area (Å²) in [6.45, 7) is 0.636. The van der Waals surface area contributed by atoms with Crippen LogP contribution in [-0.4, -0.2) is 5.27 Å². The highest BCUT2D eigenvalue weighted by Crippen LogP contribution is 2.20. The first-order valence-corrected chi connectivity index (χ1v) is 4.47. The summed E-state index contributed by atoms with van der Waals surface area (Å²) in [6.07, 6.45) is 0.624. The van der Waals surface area contributed by atoms with Crippen molar-refractivity contribution in [1.29, 1.82) is 0 Å². The van der Waals surface area contributed by atoms with Crippen LogP contribution in [0.3, 0.4) is 0 Å². The smallest absolute Gasteiger partial charge is 0.238 e. The van der Waals surface area contributed by atoms with Gasteiger partial charge in [0.15, 0.2) is 5.95 Å². The van der Waals surface area contributed by atoms with Crippen LogP contribution in [0.1, 0.15) is 16.8 Å². The topological polar surface area (TPSA) is 53.0 Å². The third-order valence-corrected chi connectivity index (χ3v) is 2.57. The Morgan fingerprint density at radius 3 is 2.93 bits per heavy atom. The molecule has 0 unspecified atom stereocenters. The number of benzene rings is 1. The third-order valence-electron chi connectivity index (χ3n) is 2.57. The summed E-state index contributed by atoms with van der Waals surface area (Å²) in [4.78, 5) is 0.